The van der Waals surface area contributed by atoms with Crippen LogP contribution in [0.15, 0.2) is 41.2 Å². The number of anilines is 1. The van der Waals surface area contributed by atoms with E-state index in [0.29, 0.717) is 47.7 Å². The molecule has 0 saturated heterocycles. The molecule has 0 radical (unpaired) electrons. The molecule has 2 aromatic carbocycles. The summed E-state index contributed by atoms with van der Waals surface area (Å²) in [5.41, 5.74) is 2.59. The summed E-state index contributed by atoms with van der Waals surface area (Å²) in [6.07, 6.45) is 8.81. The number of ether oxygens (including phenoxy) is 1. The second-order valence-electron chi connectivity index (χ2n) is 8.31. The third kappa shape index (κ3) is 5.07. The topological polar surface area (TPSA) is 59.4 Å². The zero-order valence-corrected chi connectivity index (χ0v) is 18.9. The van der Waals surface area contributed by atoms with Gasteiger partial charge in [0.15, 0.2) is 0 Å². The summed E-state index contributed by atoms with van der Waals surface area (Å²) in [5.74, 6) is 3.34. The second-order valence-corrected chi connectivity index (χ2v) is 8.31. The molecule has 170 valence electrons. The van der Waals surface area contributed by atoms with Crippen LogP contribution in [-0.2, 0) is 6.54 Å². The second kappa shape index (κ2) is 9.88. The number of hydrogen-bond acceptors (Lipinski definition) is 5. The number of rotatable bonds is 8. The van der Waals surface area contributed by atoms with Gasteiger partial charge in [-0.25, -0.2) is 9.37 Å². The molecule has 0 unspecified atom stereocenters. The fraction of sp³-hybridized carbons (Fsp3) is 0.308. The highest BCUT2D eigenvalue weighted by molar-refractivity contribution is 5.86. The first-order chi connectivity index (χ1) is 16.0. The van der Waals surface area contributed by atoms with Gasteiger partial charge in [-0.05, 0) is 75.0 Å². The van der Waals surface area contributed by atoms with Crippen molar-refractivity contribution in [2.45, 2.75) is 19.4 Å². The van der Waals surface area contributed by atoms with Gasteiger partial charge in [0.2, 0.25) is 0 Å². The van der Waals surface area contributed by atoms with Crippen molar-refractivity contribution in [1.29, 1.82) is 0 Å². The van der Waals surface area contributed by atoms with Gasteiger partial charge in [0.05, 0.1) is 16.6 Å². The summed E-state index contributed by atoms with van der Waals surface area (Å²) in [4.78, 5) is 19.9. The number of nitrogens with one attached hydrogen (secondary N) is 1. The number of allylic oxidation sites excluding steroid dienone is 1. The Morgan fingerprint density at radius 2 is 2.09 bits per heavy atom. The van der Waals surface area contributed by atoms with Crippen molar-refractivity contribution in [3.8, 4) is 18.1 Å². The Kier molecular flexibility index (Phi) is 6.76. The van der Waals surface area contributed by atoms with E-state index < -0.39 is 5.82 Å². The molecule has 0 spiro atoms. The van der Waals surface area contributed by atoms with Crippen LogP contribution in [-0.4, -0.2) is 48.2 Å². The molecule has 0 fully saturated rings. The Labute approximate surface area is 192 Å². The van der Waals surface area contributed by atoms with E-state index in [1.54, 1.807) is 10.6 Å². The minimum Gasteiger partial charge on any atom is -0.481 e. The molecule has 0 atom stereocenters. The van der Waals surface area contributed by atoms with Crippen molar-refractivity contribution < 1.29 is 9.13 Å². The molecule has 0 aliphatic carbocycles. The minimum absolute atomic E-state index is 0.213. The largest absolute Gasteiger partial charge is 0.481 e. The summed E-state index contributed by atoms with van der Waals surface area (Å²) in [6, 6.07) is 10.5. The smallest absolute Gasteiger partial charge is 0.261 e. The summed E-state index contributed by atoms with van der Waals surface area (Å²) in [5, 5.41) is 3.43. The van der Waals surface area contributed by atoms with E-state index in [2.05, 4.69) is 16.1 Å². The SMILES string of the molecule is C#CCOc1ccc(/C=C2\CCn3c2nc2cc(NCCCN(C)C)c(F)cc2c3=O)cc1. The van der Waals surface area contributed by atoms with Crippen LogP contribution in [0.5, 0.6) is 5.75 Å². The molecule has 1 aromatic heterocycles. The van der Waals surface area contributed by atoms with Crippen molar-refractivity contribution >= 4 is 28.2 Å². The number of fused-ring (bicyclic) bond motifs is 2. The van der Waals surface area contributed by atoms with E-state index in [0.717, 1.165) is 24.1 Å². The maximum atomic E-state index is 14.6. The quantitative estimate of drug-likeness (QED) is 0.421. The van der Waals surface area contributed by atoms with E-state index in [1.165, 1.54) is 6.07 Å². The van der Waals surface area contributed by atoms with Crippen molar-refractivity contribution in [2.24, 2.45) is 0 Å². The van der Waals surface area contributed by atoms with Crippen molar-refractivity contribution in [3.63, 3.8) is 0 Å². The maximum absolute atomic E-state index is 14.6. The lowest BCUT2D eigenvalue weighted by molar-refractivity contribution is 0.370. The van der Waals surface area contributed by atoms with Gasteiger partial charge in [-0.15, -0.1) is 6.42 Å². The lowest BCUT2D eigenvalue weighted by atomic mass is 10.1. The van der Waals surface area contributed by atoms with Crippen molar-refractivity contribution in [2.75, 3.05) is 39.1 Å². The monoisotopic (exact) mass is 446 g/mol. The fourth-order valence-electron chi connectivity index (χ4n) is 3.92. The van der Waals surface area contributed by atoms with Gasteiger partial charge >= 0.3 is 0 Å². The van der Waals surface area contributed by atoms with Crippen LogP contribution in [0.2, 0.25) is 0 Å². The average molecular weight is 447 g/mol. The normalized spacial score (nSPS) is 14.0. The third-order valence-corrected chi connectivity index (χ3v) is 5.58. The molecular weight excluding hydrogens is 419 g/mol. The number of halogens is 1. The predicted molar refractivity (Wildman–Crippen MR) is 131 cm³/mol. The molecule has 0 bridgehead atoms. The lowest BCUT2D eigenvalue weighted by Gasteiger charge is -2.12. The highest BCUT2D eigenvalue weighted by Crippen LogP contribution is 2.29. The van der Waals surface area contributed by atoms with E-state index >= 15 is 0 Å². The van der Waals surface area contributed by atoms with E-state index in [9.17, 15) is 9.18 Å². The minimum atomic E-state index is -0.437. The van der Waals surface area contributed by atoms with Crippen LogP contribution >= 0.6 is 0 Å². The van der Waals surface area contributed by atoms with Gasteiger partial charge in [0, 0.05) is 13.1 Å². The number of nitrogens with zero attached hydrogens (tertiary/aromatic N) is 3. The summed E-state index contributed by atoms with van der Waals surface area (Å²) in [6.45, 7) is 2.29. The standard InChI is InChI=1S/C26H27FN4O2/c1-4-14-33-20-8-6-18(7-9-20)15-19-10-13-31-25(19)29-23-17-24(28-11-5-12-30(2)3)22(27)16-21(23)26(31)32/h1,6-9,15-17,28H,5,10-14H2,2-3H3/b19-15+. The van der Waals surface area contributed by atoms with Crippen LogP contribution in [0.3, 0.4) is 0 Å². The van der Waals surface area contributed by atoms with Crippen molar-refractivity contribution in [3.05, 3.63) is 64.0 Å². The predicted octanol–water partition coefficient (Wildman–Crippen LogP) is 3.86. The fourth-order valence-corrected chi connectivity index (χ4v) is 3.92. The molecular formula is C26H27FN4O2. The van der Waals surface area contributed by atoms with E-state index in [4.69, 9.17) is 16.1 Å². The molecule has 2 heterocycles. The van der Waals surface area contributed by atoms with Crippen LogP contribution < -0.4 is 15.6 Å². The molecule has 0 saturated carbocycles. The molecule has 1 aliphatic heterocycles. The Morgan fingerprint density at radius 1 is 1.30 bits per heavy atom. The van der Waals surface area contributed by atoms with Gasteiger partial charge < -0.3 is 15.0 Å². The molecule has 6 nitrogen and oxygen atoms in total. The molecule has 7 heteroatoms. The Bertz CT molecular complexity index is 1290. The first-order valence-corrected chi connectivity index (χ1v) is 11.0. The molecule has 1 N–H and O–H groups in total. The Balaban J connectivity index is 1.62. The maximum Gasteiger partial charge on any atom is 0.261 e. The highest BCUT2D eigenvalue weighted by atomic mass is 19.1. The first-order valence-electron chi connectivity index (χ1n) is 11.0. The van der Waals surface area contributed by atoms with Crippen LogP contribution in [0.25, 0.3) is 22.6 Å². The summed E-state index contributed by atoms with van der Waals surface area (Å²) < 4.78 is 21.7. The molecule has 1 aliphatic rings. The molecule has 0 amide bonds. The molecule has 33 heavy (non-hydrogen) atoms. The van der Waals surface area contributed by atoms with Gasteiger partial charge in [0.25, 0.3) is 5.56 Å². The Morgan fingerprint density at radius 3 is 2.82 bits per heavy atom. The van der Waals surface area contributed by atoms with Crippen LogP contribution in [0.4, 0.5) is 10.1 Å². The lowest BCUT2D eigenvalue weighted by Crippen LogP contribution is -2.21. The van der Waals surface area contributed by atoms with Crippen LogP contribution in [0.1, 0.15) is 24.2 Å². The molecule has 4 rings (SSSR count). The third-order valence-electron chi connectivity index (χ3n) is 5.58. The number of hydrogen-bond donors (Lipinski definition) is 1. The molecule has 3 aromatic rings. The van der Waals surface area contributed by atoms with Crippen molar-refractivity contribution in [1.82, 2.24) is 14.5 Å². The zero-order chi connectivity index (χ0) is 23.4. The van der Waals surface area contributed by atoms with E-state index in [-0.39, 0.29) is 12.2 Å². The first kappa shape index (κ1) is 22.6. The highest BCUT2D eigenvalue weighted by Gasteiger charge is 2.22. The summed E-state index contributed by atoms with van der Waals surface area (Å²) >= 11 is 0. The van der Waals surface area contributed by atoms with Gasteiger partial charge in [-0.1, -0.05) is 18.1 Å². The Hall–Kier alpha value is -3.63. The number of terminal acetylenes is 1. The van der Waals surface area contributed by atoms with Gasteiger partial charge in [-0.3, -0.25) is 9.36 Å². The number of benzene rings is 2. The van der Waals surface area contributed by atoms with Gasteiger partial charge in [-0.2, -0.15) is 0 Å². The van der Waals surface area contributed by atoms with Crippen LogP contribution in [0, 0.1) is 18.2 Å². The zero-order valence-electron chi connectivity index (χ0n) is 18.9. The van der Waals surface area contributed by atoms with Gasteiger partial charge in [0.1, 0.15) is 24.0 Å². The van der Waals surface area contributed by atoms with E-state index in [1.807, 2.05) is 44.4 Å². The number of aromatic nitrogens is 2. The summed E-state index contributed by atoms with van der Waals surface area (Å²) in [7, 11) is 4.00. The average Bonchev–Trinajstić information content (AvgIpc) is 3.19.